The Morgan fingerprint density at radius 2 is 2.21 bits per heavy atom. The van der Waals surface area contributed by atoms with Crippen molar-refractivity contribution in [3.05, 3.63) is 5.82 Å². The second-order valence-corrected chi connectivity index (χ2v) is 5.40. The summed E-state index contributed by atoms with van der Waals surface area (Å²) >= 11 is 1.11. The van der Waals surface area contributed by atoms with Crippen molar-refractivity contribution in [1.82, 2.24) is 20.1 Å². The van der Waals surface area contributed by atoms with Gasteiger partial charge in [-0.15, -0.1) is 10.2 Å². The number of carboxylic acid groups (broad SMARTS) is 1. The van der Waals surface area contributed by atoms with E-state index < -0.39 is 5.97 Å². The molecule has 1 amide bonds. The lowest BCUT2D eigenvalue weighted by atomic mass is 10.4. The lowest BCUT2D eigenvalue weighted by Gasteiger charge is -2.07. The maximum atomic E-state index is 11.6. The number of carboxylic acids is 1. The van der Waals surface area contributed by atoms with Gasteiger partial charge in [0.15, 0.2) is 5.16 Å². The fraction of sp³-hybridized carbons (Fsp3) is 0.636. The van der Waals surface area contributed by atoms with Crippen LogP contribution < -0.4 is 5.32 Å². The van der Waals surface area contributed by atoms with E-state index in [0.717, 1.165) is 24.6 Å². The van der Waals surface area contributed by atoms with Crippen molar-refractivity contribution in [2.24, 2.45) is 0 Å². The minimum Gasteiger partial charge on any atom is -0.481 e. The van der Waals surface area contributed by atoms with Gasteiger partial charge in [-0.1, -0.05) is 11.8 Å². The Morgan fingerprint density at radius 3 is 2.84 bits per heavy atom. The molecule has 0 atom stereocenters. The van der Waals surface area contributed by atoms with E-state index in [9.17, 15) is 9.59 Å². The average molecular weight is 284 g/mol. The number of rotatable bonds is 7. The molecule has 2 rings (SSSR count). The molecule has 0 spiro atoms. The van der Waals surface area contributed by atoms with Gasteiger partial charge in [0.1, 0.15) is 5.82 Å². The quantitative estimate of drug-likeness (QED) is 0.705. The van der Waals surface area contributed by atoms with E-state index in [-0.39, 0.29) is 11.7 Å². The fourth-order valence-corrected chi connectivity index (χ4v) is 2.32. The maximum Gasteiger partial charge on any atom is 0.313 e. The van der Waals surface area contributed by atoms with Crippen LogP contribution in [-0.4, -0.2) is 43.5 Å². The molecule has 1 heterocycles. The zero-order chi connectivity index (χ0) is 13.8. The van der Waals surface area contributed by atoms with Gasteiger partial charge in [-0.25, -0.2) is 0 Å². The monoisotopic (exact) mass is 284 g/mol. The number of hydrogen-bond acceptors (Lipinski definition) is 5. The Balaban J connectivity index is 1.88. The summed E-state index contributed by atoms with van der Waals surface area (Å²) in [6.07, 6.45) is 2.49. The van der Waals surface area contributed by atoms with Gasteiger partial charge in [0.2, 0.25) is 5.91 Å². The van der Waals surface area contributed by atoms with Gasteiger partial charge in [0, 0.05) is 19.0 Å². The second kappa shape index (κ2) is 6.05. The summed E-state index contributed by atoms with van der Waals surface area (Å²) in [6, 6.07) is 0.357. The van der Waals surface area contributed by atoms with Crippen LogP contribution in [0.5, 0.6) is 0 Å². The van der Waals surface area contributed by atoms with Crippen LogP contribution in [0.2, 0.25) is 0 Å². The first-order valence-corrected chi connectivity index (χ1v) is 7.08. The minimum atomic E-state index is -0.899. The number of carbonyl (C=O) groups is 2. The Kier molecular flexibility index (Phi) is 4.41. The number of amides is 1. The molecule has 0 aromatic carbocycles. The molecule has 0 bridgehead atoms. The second-order valence-electron chi connectivity index (χ2n) is 4.46. The van der Waals surface area contributed by atoms with Gasteiger partial charge in [0.05, 0.1) is 5.75 Å². The maximum absolute atomic E-state index is 11.6. The van der Waals surface area contributed by atoms with Crippen LogP contribution in [0, 0.1) is 6.92 Å². The number of carbonyl (C=O) groups excluding carboxylic acids is 1. The highest BCUT2D eigenvalue weighted by atomic mass is 32.2. The molecule has 19 heavy (non-hydrogen) atoms. The number of nitrogens with zero attached hydrogens (tertiary/aromatic N) is 3. The third-order valence-corrected chi connectivity index (χ3v) is 3.68. The van der Waals surface area contributed by atoms with Crippen LogP contribution in [0.4, 0.5) is 0 Å². The van der Waals surface area contributed by atoms with E-state index in [1.807, 2.05) is 0 Å². The molecule has 1 aromatic rings. The highest BCUT2D eigenvalue weighted by Crippen LogP contribution is 2.19. The molecule has 8 heteroatoms. The van der Waals surface area contributed by atoms with E-state index >= 15 is 0 Å². The van der Waals surface area contributed by atoms with Crippen molar-refractivity contribution in [3.63, 3.8) is 0 Å². The van der Waals surface area contributed by atoms with E-state index in [0.29, 0.717) is 30.0 Å². The molecule has 7 nitrogen and oxygen atoms in total. The molecule has 2 N–H and O–H groups in total. The van der Waals surface area contributed by atoms with Crippen molar-refractivity contribution < 1.29 is 14.7 Å². The van der Waals surface area contributed by atoms with Crippen LogP contribution in [-0.2, 0) is 16.1 Å². The van der Waals surface area contributed by atoms with Gasteiger partial charge in [-0.05, 0) is 19.8 Å². The van der Waals surface area contributed by atoms with Crippen LogP contribution in [0.25, 0.3) is 0 Å². The first-order chi connectivity index (χ1) is 9.06. The Morgan fingerprint density at radius 1 is 1.47 bits per heavy atom. The predicted octanol–water partition coefficient (Wildman–Crippen LogP) is 0.432. The Labute approximate surface area is 114 Å². The predicted molar refractivity (Wildman–Crippen MR) is 68.9 cm³/mol. The first kappa shape index (κ1) is 13.9. The summed E-state index contributed by atoms with van der Waals surface area (Å²) in [7, 11) is 0. The number of thioether (sulfide) groups is 1. The van der Waals surface area contributed by atoms with Gasteiger partial charge >= 0.3 is 5.97 Å². The molecule has 0 saturated heterocycles. The van der Waals surface area contributed by atoms with Crippen LogP contribution in [0.1, 0.15) is 25.1 Å². The van der Waals surface area contributed by atoms with Gasteiger partial charge in [0.25, 0.3) is 0 Å². The number of nitrogens with one attached hydrogen (secondary N) is 1. The molecule has 1 fully saturated rings. The normalized spacial score (nSPS) is 14.4. The molecule has 0 radical (unpaired) electrons. The number of hydrogen-bond donors (Lipinski definition) is 2. The molecule has 1 aliphatic rings. The van der Waals surface area contributed by atoms with Crippen molar-refractivity contribution >= 4 is 23.6 Å². The van der Waals surface area contributed by atoms with E-state index in [1.54, 1.807) is 11.5 Å². The summed E-state index contributed by atoms with van der Waals surface area (Å²) in [5.41, 5.74) is 0. The van der Waals surface area contributed by atoms with E-state index in [2.05, 4.69) is 15.5 Å². The molecule has 0 unspecified atom stereocenters. The lowest BCUT2D eigenvalue weighted by molar-refractivity contribution is -0.134. The van der Waals surface area contributed by atoms with Crippen LogP contribution in [0.15, 0.2) is 5.16 Å². The van der Waals surface area contributed by atoms with Crippen molar-refractivity contribution in [3.8, 4) is 0 Å². The summed E-state index contributed by atoms with van der Waals surface area (Å²) in [4.78, 5) is 22.2. The molecule has 104 valence electrons. The summed E-state index contributed by atoms with van der Waals surface area (Å²) < 4.78 is 1.78. The zero-order valence-electron chi connectivity index (χ0n) is 10.6. The third kappa shape index (κ3) is 4.23. The summed E-state index contributed by atoms with van der Waals surface area (Å²) in [6.45, 7) is 2.26. The lowest BCUT2D eigenvalue weighted by Crippen LogP contribution is -2.26. The SMILES string of the molecule is Cc1nnc(SCC(=O)O)n1CCC(=O)NC1CC1. The van der Waals surface area contributed by atoms with Crippen molar-refractivity contribution in [1.29, 1.82) is 0 Å². The highest BCUT2D eigenvalue weighted by molar-refractivity contribution is 7.99. The molecular formula is C11H16N4O3S. The van der Waals surface area contributed by atoms with Crippen molar-refractivity contribution in [2.45, 2.75) is 43.9 Å². The van der Waals surface area contributed by atoms with Gasteiger partial charge < -0.3 is 15.0 Å². The zero-order valence-corrected chi connectivity index (χ0v) is 11.4. The van der Waals surface area contributed by atoms with Crippen molar-refractivity contribution in [2.75, 3.05) is 5.75 Å². The van der Waals surface area contributed by atoms with E-state index in [1.165, 1.54) is 0 Å². The molecule has 0 aliphatic heterocycles. The number of aromatic nitrogens is 3. The topological polar surface area (TPSA) is 97.1 Å². The third-order valence-electron chi connectivity index (χ3n) is 2.73. The standard InChI is InChI=1S/C11H16N4O3S/c1-7-13-14-11(19-6-10(17)18)15(7)5-4-9(16)12-8-2-3-8/h8H,2-6H2,1H3,(H,12,16)(H,17,18). The summed E-state index contributed by atoms with van der Waals surface area (Å²) in [5, 5.41) is 19.9. The van der Waals surface area contributed by atoms with Gasteiger partial charge in [-0.3, -0.25) is 9.59 Å². The molecule has 1 aromatic heterocycles. The molecule has 1 saturated carbocycles. The summed E-state index contributed by atoms with van der Waals surface area (Å²) in [5.74, 6) is -0.257. The first-order valence-electron chi connectivity index (χ1n) is 6.10. The van der Waals surface area contributed by atoms with Gasteiger partial charge in [-0.2, -0.15) is 0 Å². The average Bonchev–Trinajstić information content (AvgIpc) is 3.08. The minimum absolute atomic E-state index is 0.0183. The fourth-order valence-electron chi connectivity index (χ4n) is 1.59. The van der Waals surface area contributed by atoms with E-state index in [4.69, 9.17) is 5.11 Å². The molecular weight excluding hydrogens is 268 g/mol. The highest BCUT2D eigenvalue weighted by Gasteiger charge is 2.23. The van der Waals surface area contributed by atoms with Crippen LogP contribution in [0.3, 0.4) is 0 Å². The smallest absolute Gasteiger partial charge is 0.313 e. The largest absolute Gasteiger partial charge is 0.481 e. The van der Waals surface area contributed by atoms with Crippen LogP contribution >= 0.6 is 11.8 Å². The molecule has 1 aliphatic carbocycles. The Bertz CT molecular complexity index is 484. The Hall–Kier alpha value is -1.57. The number of aliphatic carboxylic acids is 1. The number of aryl methyl sites for hydroxylation is 1.